The van der Waals surface area contributed by atoms with Gasteiger partial charge in [0.1, 0.15) is 0 Å². The zero-order valence-corrected chi connectivity index (χ0v) is 18.5. The van der Waals surface area contributed by atoms with E-state index in [1.807, 2.05) is 11.0 Å². The summed E-state index contributed by atoms with van der Waals surface area (Å²) < 4.78 is 2.14. The highest BCUT2D eigenvalue weighted by Crippen LogP contribution is 2.29. The van der Waals surface area contributed by atoms with Gasteiger partial charge in [0.2, 0.25) is 5.91 Å². The number of carbonyl (C=O) groups is 1. The van der Waals surface area contributed by atoms with Crippen LogP contribution in [0.1, 0.15) is 45.0 Å². The lowest BCUT2D eigenvalue weighted by atomic mass is 10.0. The van der Waals surface area contributed by atoms with Gasteiger partial charge in [-0.25, -0.2) is 0 Å². The van der Waals surface area contributed by atoms with Crippen LogP contribution in [0.5, 0.6) is 0 Å². The summed E-state index contributed by atoms with van der Waals surface area (Å²) in [7, 11) is 0. The molecule has 30 heavy (non-hydrogen) atoms. The normalized spacial score (nSPS) is 17.2. The van der Waals surface area contributed by atoms with E-state index in [1.54, 1.807) is 6.92 Å². The molecule has 158 valence electrons. The van der Waals surface area contributed by atoms with Gasteiger partial charge in [0.15, 0.2) is 0 Å². The highest BCUT2D eigenvalue weighted by atomic mass is 16.2. The lowest BCUT2D eigenvalue weighted by molar-refractivity contribution is -0.131. The summed E-state index contributed by atoms with van der Waals surface area (Å²) in [5, 5.41) is 6.09. The Morgan fingerprint density at radius 1 is 1.13 bits per heavy atom. The van der Waals surface area contributed by atoms with Crippen LogP contribution < -0.4 is 4.90 Å². The summed E-state index contributed by atoms with van der Waals surface area (Å²) in [4.78, 5) is 16.7. The van der Waals surface area contributed by atoms with Crippen LogP contribution in [0.25, 0.3) is 10.9 Å². The number of piperazine rings is 1. The number of anilines is 1. The van der Waals surface area contributed by atoms with E-state index in [2.05, 4.69) is 72.8 Å². The number of hydrogen-bond donors (Lipinski definition) is 0. The van der Waals surface area contributed by atoms with Gasteiger partial charge >= 0.3 is 0 Å². The third kappa shape index (κ3) is 3.93. The van der Waals surface area contributed by atoms with Crippen LogP contribution in [0.2, 0.25) is 0 Å². The van der Waals surface area contributed by atoms with Gasteiger partial charge in [0, 0.05) is 43.7 Å². The fraction of sp³-hybridized carbons (Fsp3) is 0.440. The summed E-state index contributed by atoms with van der Waals surface area (Å²) in [6.45, 7) is 10.7. The number of benzene rings is 2. The van der Waals surface area contributed by atoms with Crippen molar-refractivity contribution in [3.8, 4) is 0 Å². The maximum absolute atomic E-state index is 12.3. The van der Waals surface area contributed by atoms with Crippen molar-refractivity contribution in [2.45, 2.75) is 52.6 Å². The minimum absolute atomic E-state index is 0.163. The van der Waals surface area contributed by atoms with Crippen molar-refractivity contribution < 1.29 is 4.79 Å². The van der Waals surface area contributed by atoms with Crippen molar-refractivity contribution in [2.24, 2.45) is 0 Å². The largest absolute Gasteiger partial charge is 0.368 e. The standard InChI is InChI=1S/C25H32N4O/c1-5-24-23-12-11-21(16-25(23)29(26-24)18(2)3)27-13-14-28(19(4)30)22(17-27)15-20-9-7-6-8-10-20/h6-12,16,18,22H,5,13-15,17H2,1-4H3. The topological polar surface area (TPSA) is 41.4 Å². The molecule has 1 aliphatic heterocycles. The van der Waals surface area contributed by atoms with E-state index < -0.39 is 0 Å². The molecule has 1 aliphatic rings. The molecule has 5 nitrogen and oxygen atoms in total. The smallest absolute Gasteiger partial charge is 0.219 e. The lowest BCUT2D eigenvalue weighted by Gasteiger charge is -2.42. The van der Waals surface area contributed by atoms with Crippen molar-refractivity contribution in [3.63, 3.8) is 0 Å². The predicted molar refractivity (Wildman–Crippen MR) is 123 cm³/mol. The third-order valence-electron chi connectivity index (χ3n) is 6.16. The summed E-state index contributed by atoms with van der Waals surface area (Å²) >= 11 is 0. The highest BCUT2D eigenvalue weighted by molar-refractivity contribution is 5.85. The highest BCUT2D eigenvalue weighted by Gasteiger charge is 2.29. The van der Waals surface area contributed by atoms with Crippen molar-refractivity contribution in [1.82, 2.24) is 14.7 Å². The molecule has 0 spiro atoms. The number of hydrogen-bond acceptors (Lipinski definition) is 3. The second-order valence-electron chi connectivity index (χ2n) is 8.54. The fourth-order valence-corrected chi connectivity index (χ4v) is 4.61. The van der Waals surface area contributed by atoms with Crippen molar-refractivity contribution in [3.05, 3.63) is 59.8 Å². The number of aryl methyl sites for hydroxylation is 1. The Morgan fingerprint density at radius 3 is 2.57 bits per heavy atom. The van der Waals surface area contributed by atoms with Gasteiger partial charge in [-0.1, -0.05) is 37.3 Å². The number of fused-ring (bicyclic) bond motifs is 1. The molecule has 1 atom stereocenters. The van der Waals surface area contributed by atoms with E-state index >= 15 is 0 Å². The van der Waals surface area contributed by atoms with Crippen LogP contribution in [-0.2, 0) is 17.6 Å². The molecule has 0 saturated carbocycles. The Labute approximate surface area is 179 Å². The fourth-order valence-electron chi connectivity index (χ4n) is 4.61. The number of amides is 1. The molecule has 3 aromatic rings. The van der Waals surface area contributed by atoms with Crippen LogP contribution >= 0.6 is 0 Å². The minimum atomic E-state index is 0.163. The van der Waals surface area contributed by atoms with Gasteiger partial charge < -0.3 is 9.80 Å². The third-order valence-corrected chi connectivity index (χ3v) is 6.16. The van der Waals surface area contributed by atoms with Crippen molar-refractivity contribution >= 4 is 22.5 Å². The molecule has 0 radical (unpaired) electrons. The first-order valence-electron chi connectivity index (χ1n) is 11.0. The van der Waals surface area contributed by atoms with Gasteiger partial charge in [-0.15, -0.1) is 0 Å². The maximum Gasteiger partial charge on any atom is 0.219 e. The molecule has 0 bridgehead atoms. The molecule has 4 rings (SSSR count). The summed E-state index contributed by atoms with van der Waals surface area (Å²) in [6, 6.07) is 17.7. The zero-order valence-electron chi connectivity index (χ0n) is 18.5. The molecule has 1 saturated heterocycles. The van der Waals surface area contributed by atoms with Crippen LogP contribution in [-0.4, -0.2) is 46.3 Å². The van der Waals surface area contributed by atoms with Crippen molar-refractivity contribution in [1.29, 1.82) is 0 Å². The summed E-state index contributed by atoms with van der Waals surface area (Å²) in [5.74, 6) is 0.163. The average molecular weight is 405 g/mol. The van der Waals surface area contributed by atoms with Crippen LogP contribution in [0.3, 0.4) is 0 Å². The second kappa shape index (κ2) is 8.50. The molecule has 0 aliphatic carbocycles. The molecule has 1 aromatic heterocycles. The maximum atomic E-state index is 12.3. The Hall–Kier alpha value is -2.82. The van der Waals surface area contributed by atoms with E-state index in [1.165, 1.54) is 22.2 Å². The van der Waals surface area contributed by atoms with Crippen molar-refractivity contribution in [2.75, 3.05) is 24.5 Å². The van der Waals surface area contributed by atoms with Gasteiger partial charge in [0.25, 0.3) is 0 Å². The Morgan fingerprint density at radius 2 is 1.90 bits per heavy atom. The molecule has 0 N–H and O–H groups in total. The monoisotopic (exact) mass is 404 g/mol. The average Bonchev–Trinajstić information content (AvgIpc) is 3.12. The quantitative estimate of drug-likeness (QED) is 0.630. The van der Waals surface area contributed by atoms with E-state index in [0.717, 1.165) is 38.2 Å². The molecule has 1 unspecified atom stereocenters. The summed E-state index contributed by atoms with van der Waals surface area (Å²) in [5.41, 5.74) is 4.85. The predicted octanol–water partition coefficient (Wildman–Crippen LogP) is 4.46. The molecular weight excluding hydrogens is 372 g/mol. The Bertz CT molecular complexity index is 1020. The molecule has 2 heterocycles. The summed E-state index contributed by atoms with van der Waals surface area (Å²) in [6.07, 6.45) is 1.81. The number of carbonyl (C=O) groups excluding carboxylic acids is 1. The zero-order chi connectivity index (χ0) is 21.3. The molecule has 1 fully saturated rings. The molecule has 5 heteroatoms. The van der Waals surface area contributed by atoms with E-state index in [4.69, 9.17) is 5.10 Å². The SMILES string of the molecule is CCc1nn(C(C)C)c2cc(N3CCN(C(C)=O)C(Cc4ccccc4)C3)ccc12. The van der Waals surface area contributed by atoms with Crippen LogP contribution in [0.4, 0.5) is 5.69 Å². The van der Waals surface area contributed by atoms with Gasteiger partial charge in [-0.05, 0) is 50.5 Å². The van der Waals surface area contributed by atoms with E-state index in [-0.39, 0.29) is 11.9 Å². The minimum Gasteiger partial charge on any atom is -0.368 e. The first-order chi connectivity index (χ1) is 14.5. The van der Waals surface area contributed by atoms with Gasteiger partial charge in [0.05, 0.1) is 17.3 Å². The van der Waals surface area contributed by atoms with E-state index in [9.17, 15) is 4.79 Å². The van der Waals surface area contributed by atoms with Gasteiger partial charge in [-0.2, -0.15) is 5.10 Å². The Balaban J connectivity index is 1.64. The molecule has 1 amide bonds. The van der Waals surface area contributed by atoms with Crippen LogP contribution in [0.15, 0.2) is 48.5 Å². The molecular formula is C25H32N4O. The number of rotatable bonds is 5. The molecule has 2 aromatic carbocycles. The number of nitrogens with zero attached hydrogens (tertiary/aromatic N) is 4. The van der Waals surface area contributed by atoms with Gasteiger partial charge in [-0.3, -0.25) is 9.48 Å². The first kappa shape index (κ1) is 20.5. The first-order valence-corrected chi connectivity index (χ1v) is 11.0. The van der Waals surface area contributed by atoms with Crippen LogP contribution in [0, 0.1) is 0 Å². The second-order valence-corrected chi connectivity index (χ2v) is 8.54. The van der Waals surface area contributed by atoms with E-state index in [0.29, 0.717) is 6.04 Å². The number of aromatic nitrogens is 2. The Kier molecular flexibility index (Phi) is 5.80. The lowest BCUT2D eigenvalue weighted by Crippen LogP contribution is -2.55.